The number of aromatic nitrogens is 1. The van der Waals surface area contributed by atoms with E-state index < -0.39 is 38.3 Å². The largest absolute Gasteiger partial charge is 0.494 e. The highest BCUT2D eigenvalue weighted by molar-refractivity contribution is 7.90. The molecule has 2 aromatic carbocycles. The van der Waals surface area contributed by atoms with Gasteiger partial charge >= 0.3 is 6.18 Å². The minimum atomic E-state index is -4.76. The second-order valence-corrected chi connectivity index (χ2v) is 8.33. The summed E-state index contributed by atoms with van der Waals surface area (Å²) >= 11 is 0. The molecule has 3 rings (SSSR count). The number of hydrogen-bond donors (Lipinski definition) is 1. The van der Waals surface area contributed by atoms with Crippen molar-refractivity contribution in [2.75, 3.05) is 14.2 Å². The maximum Gasteiger partial charge on any atom is 0.416 e. The average Bonchev–Trinajstić information content (AvgIpc) is 3.06. The molecule has 31 heavy (non-hydrogen) atoms. The third-order valence-corrected chi connectivity index (χ3v) is 6.13. The SMILES string of the molecule is CNCc1cn(S(=O)(=O)c2cccc(C(F)(F)F)c2)c(-c2ccc(F)cc2F)c1OC. The molecule has 0 saturated heterocycles. The van der Waals surface area contributed by atoms with Gasteiger partial charge in [0.1, 0.15) is 23.1 Å². The number of nitrogens with one attached hydrogen (secondary N) is 1. The smallest absolute Gasteiger partial charge is 0.416 e. The first-order chi connectivity index (χ1) is 14.5. The first-order valence-corrected chi connectivity index (χ1v) is 10.3. The molecule has 3 aromatic rings. The Balaban J connectivity index is 2.32. The molecule has 0 bridgehead atoms. The summed E-state index contributed by atoms with van der Waals surface area (Å²) in [4.78, 5) is -0.653. The van der Waals surface area contributed by atoms with Crippen LogP contribution in [0.1, 0.15) is 11.1 Å². The zero-order chi connectivity index (χ0) is 23.0. The molecule has 5 nitrogen and oxygen atoms in total. The van der Waals surface area contributed by atoms with Gasteiger partial charge in [0.15, 0.2) is 0 Å². The summed E-state index contributed by atoms with van der Waals surface area (Å²) in [5, 5.41) is 2.80. The van der Waals surface area contributed by atoms with Crippen molar-refractivity contribution >= 4 is 10.0 Å². The normalized spacial score (nSPS) is 12.2. The Bertz CT molecular complexity index is 1220. The molecule has 0 atom stereocenters. The first-order valence-electron chi connectivity index (χ1n) is 8.81. The van der Waals surface area contributed by atoms with Crippen molar-refractivity contribution in [3.05, 3.63) is 71.4 Å². The molecule has 1 N–H and O–H groups in total. The average molecular weight is 460 g/mol. The molecule has 0 radical (unpaired) electrons. The van der Waals surface area contributed by atoms with E-state index in [4.69, 9.17) is 4.74 Å². The van der Waals surface area contributed by atoms with Crippen LogP contribution < -0.4 is 10.1 Å². The molecule has 0 spiro atoms. The van der Waals surface area contributed by atoms with E-state index in [1.54, 1.807) is 7.05 Å². The van der Waals surface area contributed by atoms with Gasteiger partial charge in [-0.1, -0.05) is 6.07 Å². The summed E-state index contributed by atoms with van der Waals surface area (Å²) in [5.41, 5.74) is -1.42. The Kier molecular flexibility index (Phi) is 6.10. The van der Waals surface area contributed by atoms with Gasteiger partial charge in [-0.05, 0) is 37.4 Å². The van der Waals surface area contributed by atoms with E-state index in [2.05, 4.69) is 5.32 Å². The molecule has 0 unspecified atom stereocenters. The van der Waals surface area contributed by atoms with E-state index in [1.807, 2.05) is 0 Å². The van der Waals surface area contributed by atoms with Crippen LogP contribution in [0.5, 0.6) is 5.75 Å². The molecule has 0 saturated carbocycles. The van der Waals surface area contributed by atoms with Crippen LogP contribution in [-0.2, 0) is 22.7 Å². The number of ether oxygens (including phenoxy) is 1. The van der Waals surface area contributed by atoms with Crippen molar-refractivity contribution in [1.29, 1.82) is 0 Å². The van der Waals surface area contributed by atoms with E-state index in [0.29, 0.717) is 21.7 Å². The maximum atomic E-state index is 14.6. The third kappa shape index (κ3) is 4.28. The van der Waals surface area contributed by atoms with Crippen LogP contribution in [0.15, 0.2) is 53.6 Å². The third-order valence-electron chi connectivity index (χ3n) is 4.48. The minimum Gasteiger partial charge on any atom is -0.494 e. The van der Waals surface area contributed by atoms with Gasteiger partial charge in [-0.3, -0.25) is 0 Å². The Labute approximate surface area is 175 Å². The van der Waals surface area contributed by atoms with Crippen LogP contribution in [-0.4, -0.2) is 26.5 Å². The monoisotopic (exact) mass is 460 g/mol. The van der Waals surface area contributed by atoms with Crippen molar-refractivity contribution < 1.29 is 35.1 Å². The zero-order valence-electron chi connectivity index (χ0n) is 16.3. The van der Waals surface area contributed by atoms with Gasteiger partial charge in [0.25, 0.3) is 10.0 Å². The number of halogens is 5. The number of nitrogens with zero attached hydrogens (tertiary/aromatic N) is 1. The Morgan fingerprint density at radius 3 is 2.39 bits per heavy atom. The van der Waals surface area contributed by atoms with E-state index in [0.717, 1.165) is 36.5 Å². The number of alkyl halides is 3. The van der Waals surface area contributed by atoms with Gasteiger partial charge in [-0.25, -0.2) is 21.2 Å². The van der Waals surface area contributed by atoms with E-state index >= 15 is 0 Å². The van der Waals surface area contributed by atoms with Crippen LogP contribution in [0.2, 0.25) is 0 Å². The molecular weight excluding hydrogens is 443 g/mol. The predicted molar refractivity (Wildman–Crippen MR) is 103 cm³/mol. The molecule has 0 aliphatic carbocycles. The fraction of sp³-hybridized carbons (Fsp3) is 0.200. The maximum absolute atomic E-state index is 14.6. The number of rotatable bonds is 6. The second-order valence-electron chi connectivity index (χ2n) is 6.52. The standard InChI is InChI=1S/C20H17F5N2O3S/c1-26-10-12-11-27(18(19(12)30-2)16-7-6-14(21)9-17(16)22)31(28,29)15-5-3-4-13(8-15)20(23,24)25/h3-9,11,26H,10H2,1-2H3. The second kappa shape index (κ2) is 8.31. The minimum absolute atomic E-state index is 0.0181. The number of benzene rings is 2. The van der Waals surface area contributed by atoms with Crippen LogP contribution in [0.4, 0.5) is 22.0 Å². The van der Waals surface area contributed by atoms with Gasteiger partial charge in [0, 0.05) is 29.9 Å². The summed E-state index contributed by atoms with van der Waals surface area (Å²) < 4.78 is 99.8. The highest BCUT2D eigenvalue weighted by Gasteiger charge is 2.33. The summed E-state index contributed by atoms with van der Waals surface area (Å²) in [5.74, 6) is -1.96. The first kappa shape index (κ1) is 22.8. The quantitative estimate of drug-likeness (QED) is 0.554. The summed E-state index contributed by atoms with van der Waals surface area (Å²) in [7, 11) is -1.79. The van der Waals surface area contributed by atoms with Crippen molar-refractivity contribution in [3.8, 4) is 17.0 Å². The fourth-order valence-electron chi connectivity index (χ4n) is 3.12. The summed E-state index contributed by atoms with van der Waals surface area (Å²) in [6.45, 7) is 0.115. The van der Waals surface area contributed by atoms with E-state index in [-0.39, 0.29) is 23.6 Å². The van der Waals surface area contributed by atoms with Crippen molar-refractivity contribution in [2.45, 2.75) is 17.6 Å². The summed E-state index contributed by atoms with van der Waals surface area (Å²) in [6, 6.07) is 5.73. The molecule has 0 fully saturated rings. The van der Waals surface area contributed by atoms with Crippen LogP contribution >= 0.6 is 0 Å². The zero-order valence-corrected chi connectivity index (χ0v) is 17.1. The lowest BCUT2D eigenvalue weighted by Gasteiger charge is -2.14. The van der Waals surface area contributed by atoms with Crippen LogP contribution in [0.3, 0.4) is 0 Å². The van der Waals surface area contributed by atoms with Crippen molar-refractivity contribution in [3.63, 3.8) is 0 Å². The van der Waals surface area contributed by atoms with Gasteiger partial charge in [0.05, 0.1) is 17.6 Å². The Morgan fingerprint density at radius 2 is 1.81 bits per heavy atom. The van der Waals surface area contributed by atoms with Crippen molar-refractivity contribution in [1.82, 2.24) is 9.29 Å². The van der Waals surface area contributed by atoms with Gasteiger partial charge in [0.2, 0.25) is 0 Å². The van der Waals surface area contributed by atoms with Gasteiger partial charge in [-0.15, -0.1) is 0 Å². The van der Waals surface area contributed by atoms with Gasteiger partial charge in [-0.2, -0.15) is 13.2 Å². The fourth-order valence-corrected chi connectivity index (χ4v) is 4.56. The molecule has 0 aliphatic heterocycles. The molecule has 1 aromatic heterocycles. The lowest BCUT2D eigenvalue weighted by atomic mass is 10.1. The molecule has 0 amide bonds. The van der Waals surface area contributed by atoms with Crippen LogP contribution in [0.25, 0.3) is 11.3 Å². The molecule has 166 valence electrons. The highest BCUT2D eigenvalue weighted by atomic mass is 32.2. The topological polar surface area (TPSA) is 60.3 Å². The Morgan fingerprint density at radius 1 is 1.10 bits per heavy atom. The lowest BCUT2D eigenvalue weighted by Crippen LogP contribution is -2.15. The lowest BCUT2D eigenvalue weighted by molar-refractivity contribution is -0.137. The number of methoxy groups -OCH3 is 1. The van der Waals surface area contributed by atoms with E-state index in [9.17, 15) is 30.4 Å². The number of hydrogen-bond acceptors (Lipinski definition) is 4. The summed E-state index contributed by atoms with van der Waals surface area (Å²) in [6.07, 6.45) is -3.63. The highest BCUT2D eigenvalue weighted by Crippen LogP contribution is 2.39. The molecule has 0 aliphatic rings. The Hall–Kier alpha value is -2.92. The molecular formula is C20H17F5N2O3S. The predicted octanol–water partition coefficient (Wildman–Crippen LogP) is 4.42. The van der Waals surface area contributed by atoms with Gasteiger partial charge < -0.3 is 10.1 Å². The van der Waals surface area contributed by atoms with Crippen LogP contribution in [0, 0.1) is 11.6 Å². The van der Waals surface area contributed by atoms with Crippen molar-refractivity contribution in [2.24, 2.45) is 0 Å². The van der Waals surface area contributed by atoms with E-state index in [1.165, 1.54) is 7.11 Å². The molecule has 1 heterocycles. The molecule has 11 heteroatoms.